The third-order valence-electron chi connectivity index (χ3n) is 5.17. The number of carbonyl (C=O) groups excluding carboxylic acids is 2. The molecule has 2 aromatic carbocycles. The molecule has 29 heavy (non-hydrogen) atoms. The fraction of sp³-hybridized carbons (Fsp3) is 0.217. The van der Waals surface area contributed by atoms with Crippen LogP contribution in [-0.4, -0.2) is 36.4 Å². The lowest BCUT2D eigenvalue weighted by Gasteiger charge is -2.24. The van der Waals surface area contributed by atoms with Gasteiger partial charge in [0.25, 0.3) is 5.91 Å². The van der Waals surface area contributed by atoms with E-state index >= 15 is 0 Å². The molecule has 4 rings (SSSR count). The molecule has 0 unspecified atom stereocenters. The number of likely N-dealkylation sites (tertiary alicyclic amines) is 1. The normalized spacial score (nSPS) is 15.9. The molecule has 3 aromatic rings. The van der Waals surface area contributed by atoms with Crippen LogP contribution >= 0.6 is 0 Å². The summed E-state index contributed by atoms with van der Waals surface area (Å²) in [6.07, 6.45) is 4.31. The lowest BCUT2D eigenvalue weighted by molar-refractivity contribution is -0.119. The van der Waals surface area contributed by atoms with Gasteiger partial charge in [0, 0.05) is 17.8 Å². The van der Waals surface area contributed by atoms with Gasteiger partial charge in [-0.1, -0.05) is 30.3 Å². The predicted octanol–water partition coefficient (Wildman–Crippen LogP) is 4.20. The van der Waals surface area contributed by atoms with Gasteiger partial charge in [-0.15, -0.1) is 0 Å². The maximum atomic E-state index is 13.0. The molecule has 1 aliphatic rings. The second kappa shape index (κ2) is 8.22. The van der Waals surface area contributed by atoms with Gasteiger partial charge < -0.3 is 19.4 Å². The number of carbonyl (C=O) groups is 2. The van der Waals surface area contributed by atoms with Gasteiger partial charge in [0.15, 0.2) is 0 Å². The van der Waals surface area contributed by atoms with E-state index in [-0.39, 0.29) is 11.8 Å². The Bertz CT molecular complexity index is 996. The van der Waals surface area contributed by atoms with Crippen molar-refractivity contribution in [2.24, 2.45) is 0 Å². The maximum absolute atomic E-state index is 13.0. The highest BCUT2D eigenvalue weighted by molar-refractivity contribution is 6.03. The molecule has 2 heterocycles. The summed E-state index contributed by atoms with van der Waals surface area (Å²) in [6, 6.07) is 16.4. The van der Waals surface area contributed by atoms with Gasteiger partial charge in [-0.05, 0) is 42.7 Å². The maximum Gasteiger partial charge on any atom is 0.257 e. The molecule has 1 aliphatic heterocycles. The molecule has 2 amide bonds. The first-order valence-electron chi connectivity index (χ1n) is 9.55. The number of para-hydroxylation sites is 1. The average molecular weight is 390 g/mol. The van der Waals surface area contributed by atoms with Crippen molar-refractivity contribution in [1.82, 2.24) is 4.90 Å². The number of rotatable bonds is 5. The Balaban J connectivity index is 1.54. The quantitative estimate of drug-likeness (QED) is 0.709. The van der Waals surface area contributed by atoms with E-state index in [1.54, 1.807) is 18.1 Å². The van der Waals surface area contributed by atoms with Crippen LogP contribution in [0.5, 0.6) is 5.75 Å². The fourth-order valence-corrected chi connectivity index (χ4v) is 3.66. The van der Waals surface area contributed by atoms with E-state index in [4.69, 9.17) is 9.15 Å². The van der Waals surface area contributed by atoms with Crippen molar-refractivity contribution >= 4 is 17.5 Å². The highest BCUT2D eigenvalue weighted by Gasteiger charge is 2.35. The van der Waals surface area contributed by atoms with E-state index in [1.807, 2.05) is 48.5 Å². The Labute approximate surface area is 169 Å². The SMILES string of the molecule is COc1ccc(-c2ccccc2NC(=O)[C@H]2CCCN2C(=O)c2ccoc2)cc1. The number of ether oxygens (including phenoxy) is 1. The number of amides is 2. The van der Waals surface area contributed by atoms with Crippen LogP contribution in [0.1, 0.15) is 23.2 Å². The highest BCUT2D eigenvalue weighted by Crippen LogP contribution is 2.30. The zero-order valence-electron chi connectivity index (χ0n) is 16.1. The van der Waals surface area contributed by atoms with Crippen LogP contribution in [0.15, 0.2) is 71.5 Å². The van der Waals surface area contributed by atoms with Gasteiger partial charge in [-0.2, -0.15) is 0 Å². The summed E-state index contributed by atoms with van der Waals surface area (Å²) in [4.78, 5) is 27.4. The minimum atomic E-state index is -0.499. The summed E-state index contributed by atoms with van der Waals surface area (Å²) in [5.74, 6) is 0.412. The number of hydrogen-bond acceptors (Lipinski definition) is 4. The highest BCUT2D eigenvalue weighted by atomic mass is 16.5. The first-order chi connectivity index (χ1) is 14.2. The van der Waals surface area contributed by atoms with Crippen molar-refractivity contribution in [2.75, 3.05) is 19.0 Å². The molecule has 0 bridgehead atoms. The molecule has 6 nitrogen and oxygen atoms in total. The first-order valence-corrected chi connectivity index (χ1v) is 9.55. The lowest BCUT2D eigenvalue weighted by Crippen LogP contribution is -2.43. The van der Waals surface area contributed by atoms with E-state index < -0.39 is 6.04 Å². The topological polar surface area (TPSA) is 71.8 Å². The second-order valence-corrected chi connectivity index (χ2v) is 6.93. The van der Waals surface area contributed by atoms with Crippen molar-refractivity contribution < 1.29 is 18.7 Å². The van der Waals surface area contributed by atoms with Crippen LogP contribution in [-0.2, 0) is 4.79 Å². The molecule has 1 atom stereocenters. The second-order valence-electron chi connectivity index (χ2n) is 6.93. The lowest BCUT2D eigenvalue weighted by atomic mass is 10.0. The number of furan rings is 1. The number of hydrogen-bond donors (Lipinski definition) is 1. The zero-order chi connectivity index (χ0) is 20.2. The average Bonchev–Trinajstić information content (AvgIpc) is 3.46. The Morgan fingerprint density at radius 2 is 1.90 bits per heavy atom. The van der Waals surface area contributed by atoms with Crippen molar-refractivity contribution in [3.05, 3.63) is 72.7 Å². The molecule has 148 valence electrons. The smallest absolute Gasteiger partial charge is 0.257 e. The first kappa shape index (κ1) is 18.8. The van der Waals surface area contributed by atoms with E-state index in [9.17, 15) is 9.59 Å². The van der Waals surface area contributed by atoms with Crippen molar-refractivity contribution in [2.45, 2.75) is 18.9 Å². The van der Waals surface area contributed by atoms with Crippen LogP contribution in [0, 0.1) is 0 Å². The van der Waals surface area contributed by atoms with Crippen LogP contribution in [0.3, 0.4) is 0 Å². The summed E-state index contributed by atoms with van der Waals surface area (Å²) in [6.45, 7) is 0.558. The standard InChI is InChI=1S/C23H22N2O4/c1-28-18-10-8-16(9-11-18)19-5-2-3-6-20(19)24-22(26)21-7-4-13-25(21)23(27)17-12-14-29-15-17/h2-3,5-6,8-12,14-15,21H,4,7,13H2,1H3,(H,24,26)/t21-/m1/s1. The number of anilines is 1. The van der Waals surface area contributed by atoms with Crippen LogP contribution in [0.25, 0.3) is 11.1 Å². The monoisotopic (exact) mass is 390 g/mol. The van der Waals surface area contributed by atoms with Crippen molar-refractivity contribution in [3.63, 3.8) is 0 Å². The van der Waals surface area contributed by atoms with E-state index in [0.29, 0.717) is 24.2 Å². The van der Waals surface area contributed by atoms with Crippen LogP contribution in [0.4, 0.5) is 5.69 Å². The Morgan fingerprint density at radius 3 is 2.62 bits per heavy atom. The molecular formula is C23H22N2O4. The number of benzene rings is 2. The van der Waals surface area contributed by atoms with E-state index in [0.717, 1.165) is 23.3 Å². The summed E-state index contributed by atoms with van der Waals surface area (Å²) in [7, 11) is 1.63. The molecule has 0 saturated carbocycles. The van der Waals surface area contributed by atoms with Gasteiger partial charge >= 0.3 is 0 Å². The van der Waals surface area contributed by atoms with Gasteiger partial charge in [0.05, 0.1) is 18.9 Å². The van der Waals surface area contributed by atoms with Gasteiger partial charge in [0.2, 0.25) is 5.91 Å². The van der Waals surface area contributed by atoms with Crippen molar-refractivity contribution in [3.8, 4) is 16.9 Å². The summed E-state index contributed by atoms with van der Waals surface area (Å²) >= 11 is 0. The van der Waals surface area contributed by atoms with Crippen LogP contribution < -0.4 is 10.1 Å². The number of methoxy groups -OCH3 is 1. The molecular weight excluding hydrogens is 368 g/mol. The van der Waals surface area contributed by atoms with Gasteiger partial charge in [-0.3, -0.25) is 9.59 Å². The zero-order valence-corrected chi connectivity index (χ0v) is 16.1. The molecule has 1 N–H and O–H groups in total. The molecule has 0 spiro atoms. The largest absolute Gasteiger partial charge is 0.497 e. The van der Waals surface area contributed by atoms with Gasteiger partial charge in [0.1, 0.15) is 18.1 Å². The third kappa shape index (κ3) is 3.87. The summed E-state index contributed by atoms with van der Waals surface area (Å²) in [5.41, 5.74) is 3.06. The Kier molecular flexibility index (Phi) is 5.33. The Hall–Kier alpha value is -3.54. The number of nitrogens with one attached hydrogen (secondary N) is 1. The van der Waals surface area contributed by atoms with Crippen molar-refractivity contribution in [1.29, 1.82) is 0 Å². The molecule has 0 radical (unpaired) electrons. The minimum Gasteiger partial charge on any atom is -0.497 e. The number of nitrogens with zero attached hydrogens (tertiary/aromatic N) is 1. The minimum absolute atomic E-state index is 0.180. The Morgan fingerprint density at radius 1 is 1.10 bits per heavy atom. The molecule has 0 aliphatic carbocycles. The predicted molar refractivity (Wildman–Crippen MR) is 110 cm³/mol. The third-order valence-corrected chi connectivity index (χ3v) is 5.17. The van der Waals surface area contributed by atoms with Gasteiger partial charge in [-0.25, -0.2) is 0 Å². The molecule has 1 aromatic heterocycles. The summed E-state index contributed by atoms with van der Waals surface area (Å²) in [5, 5.41) is 3.02. The summed E-state index contributed by atoms with van der Waals surface area (Å²) < 4.78 is 10.2. The molecule has 1 saturated heterocycles. The molecule has 1 fully saturated rings. The van der Waals surface area contributed by atoms with Crippen LogP contribution in [0.2, 0.25) is 0 Å². The fourth-order valence-electron chi connectivity index (χ4n) is 3.66. The van der Waals surface area contributed by atoms with E-state index in [1.165, 1.54) is 12.5 Å². The molecule has 6 heteroatoms. The van der Waals surface area contributed by atoms with E-state index in [2.05, 4.69) is 5.32 Å².